The van der Waals surface area contributed by atoms with Crippen molar-refractivity contribution in [3.8, 4) is 6.07 Å². The first-order valence-corrected chi connectivity index (χ1v) is 11.7. The lowest BCUT2D eigenvalue weighted by atomic mass is 10.0. The van der Waals surface area contributed by atoms with Gasteiger partial charge in [0.1, 0.15) is 11.1 Å². The van der Waals surface area contributed by atoms with E-state index in [2.05, 4.69) is 28.3 Å². The molecule has 0 spiro atoms. The van der Waals surface area contributed by atoms with Crippen LogP contribution < -0.4 is 5.32 Å². The highest BCUT2D eigenvalue weighted by Crippen LogP contribution is 2.38. The number of carbonyl (C=O) groups is 1. The SMILES string of the molecule is CCC(Sc1nc2ccccc2s1)C(=O)Nc1sc2c(c1C#N)CCN(C)C2. The van der Waals surface area contributed by atoms with Gasteiger partial charge in [0.05, 0.1) is 21.0 Å². The Bertz CT molecular complexity index is 1030. The number of benzene rings is 1. The lowest BCUT2D eigenvalue weighted by Crippen LogP contribution is -2.25. The zero-order valence-electron chi connectivity index (χ0n) is 15.7. The number of carbonyl (C=O) groups excluding carboxylic acids is 1. The van der Waals surface area contributed by atoms with Gasteiger partial charge in [-0.3, -0.25) is 4.79 Å². The molecule has 0 aliphatic carbocycles. The molecule has 1 amide bonds. The van der Waals surface area contributed by atoms with Crippen LogP contribution in [0.1, 0.15) is 29.3 Å². The Morgan fingerprint density at radius 1 is 1.43 bits per heavy atom. The van der Waals surface area contributed by atoms with Gasteiger partial charge in [-0.25, -0.2) is 4.98 Å². The summed E-state index contributed by atoms with van der Waals surface area (Å²) in [6, 6.07) is 10.3. The van der Waals surface area contributed by atoms with Gasteiger partial charge in [-0.2, -0.15) is 5.26 Å². The van der Waals surface area contributed by atoms with Crippen molar-refractivity contribution >= 4 is 55.6 Å². The average Bonchev–Trinajstić information content (AvgIpc) is 3.25. The van der Waals surface area contributed by atoms with Gasteiger partial charge in [-0.15, -0.1) is 22.7 Å². The van der Waals surface area contributed by atoms with Crippen molar-refractivity contribution < 1.29 is 4.79 Å². The van der Waals surface area contributed by atoms with Gasteiger partial charge < -0.3 is 10.2 Å². The van der Waals surface area contributed by atoms with E-state index in [1.807, 2.05) is 31.2 Å². The third-order valence-electron chi connectivity index (χ3n) is 4.78. The molecule has 1 atom stereocenters. The number of para-hydroxylation sites is 1. The molecule has 0 saturated carbocycles. The number of hydrogen-bond donors (Lipinski definition) is 1. The fourth-order valence-corrected chi connectivity index (χ4v) is 6.79. The van der Waals surface area contributed by atoms with Crippen molar-refractivity contribution in [3.05, 3.63) is 40.3 Å². The molecule has 0 saturated heterocycles. The largest absolute Gasteiger partial charge is 0.316 e. The molecule has 1 unspecified atom stereocenters. The highest BCUT2D eigenvalue weighted by molar-refractivity contribution is 8.02. The maximum absolute atomic E-state index is 12.9. The quantitative estimate of drug-likeness (QED) is 0.595. The van der Waals surface area contributed by atoms with Gasteiger partial charge in [0.2, 0.25) is 5.91 Å². The molecular formula is C20H20N4OS3. The summed E-state index contributed by atoms with van der Waals surface area (Å²) in [7, 11) is 2.08. The van der Waals surface area contributed by atoms with Crippen LogP contribution in [-0.2, 0) is 17.8 Å². The topological polar surface area (TPSA) is 69.0 Å². The zero-order valence-corrected chi connectivity index (χ0v) is 18.1. The number of thiazole rings is 1. The summed E-state index contributed by atoms with van der Waals surface area (Å²) in [6.07, 6.45) is 1.56. The molecule has 1 N–H and O–H groups in total. The third kappa shape index (κ3) is 3.80. The minimum absolute atomic E-state index is 0.0600. The zero-order chi connectivity index (χ0) is 19.7. The number of rotatable bonds is 5. The molecule has 3 aromatic rings. The summed E-state index contributed by atoms with van der Waals surface area (Å²) < 4.78 is 2.03. The first kappa shape index (κ1) is 19.4. The molecule has 144 valence electrons. The number of nitrogens with zero attached hydrogens (tertiary/aromatic N) is 3. The summed E-state index contributed by atoms with van der Waals surface area (Å²) in [5, 5.41) is 13.1. The Labute approximate surface area is 176 Å². The van der Waals surface area contributed by atoms with E-state index in [0.29, 0.717) is 17.0 Å². The van der Waals surface area contributed by atoms with Crippen LogP contribution in [-0.4, -0.2) is 34.6 Å². The molecule has 2 aromatic heterocycles. The van der Waals surface area contributed by atoms with E-state index in [4.69, 9.17) is 0 Å². The number of likely N-dealkylation sites (N-methyl/N-ethyl adjacent to an activating group) is 1. The molecule has 3 heterocycles. The molecule has 5 nitrogen and oxygen atoms in total. The van der Waals surface area contributed by atoms with Crippen molar-refractivity contribution in [2.24, 2.45) is 0 Å². The summed E-state index contributed by atoms with van der Waals surface area (Å²) in [5.41, 5.74) is 2.71. The number of thiophene rings is 1. The van der Waals surface area contributed by atoms with E-state index in [0.717, 1.165) is 39.6 Å². The minimum Gasteiger partial charge on any atom is -0.316 e. The normalized spacial score (nSPS) is 15.2. The van der Waals surface area contributed by atoms with Crippen LogP contribution in [0.25, 0.3) is 10.2 Å². The lowest BCUT2D eigenvalue weighted by molar-refractivity contribution is -0.115. The van der Waals surface area contributed by atoms with Crippen molar-refractivity contribution in [2.75, 3.05) is 18.9 Å². The average molecular weight is 429 g/mol. The van der Waals surface area contributed by atoms with Crippen molar-refractivity contribution in [1.82, 2.24) is 9.88 Å². The van der Waals surface area contributed by atoms with E-state index in [1.54, 1.807) is 11.3 Å². The van der Waals surface area contributed by atoms with E-state index in [1.165, 1.54) is 28.0 Å². The highest BCUT2D eigenvalue weighted by Gasteiger charge is 2.26. The first-order valence-electron chi connectivity index (χ1n) is 9.15. The molecule has 1 aliphatic heterocycles. The second-order valence-corrected chi connectivity index (χ2v) is 10.3. The fourth-order valence-electron chi connectivity index (χ4n) is 3.28. The number of nitrogens with one attached hydrogen (secondary N) is 1. The summed E-state index contributed by atoms with van der Waals surface area (Å²) in [6.45, 7) is 3.78. The monoisotopic (exact) mass is 428 g/mol. The van der Waals surface area contributed by atoms with E-state index < -0.39 is 0 Å². The number of amides is 1. The van der Waals surface area contributed by atoms with Gasteiger partial charge in [-0.05, 0) is 37.6 Å². The predicted molar refractivity (Wildman–Crippen MR) is 117 cm³/mol. The van der Waals surface area contributed by atoms with Crippen LogP contribution >= 0.6 is 34.4 Å². The second-order valence-electron chi connectivity index (χ2n) is 6.76. The smallest absolute Gasteiger partial charge is 0.238 e. The van der Waals surface area contributed by atoms with Gasteiger partial charge in [0.15, 0.2) is 4.34 Å². The Kier molecular flexibility index (Phi) is 5.69. The molecule has 28 heavy (non-hydrogen) atoms. The molecule has 1 aromatic carbocycles. The van der Waals surface area contributed by atoms with Crippen LogP contribution in [0.5, 0.6) is 0 Å². The molecular weight excluding hydrogens is 408 g/mol. The number of fused-ring (bicyclic) bond motifs is 2. The van der Waals surface area contributed by atoms with E-state index in [-0.39, 0.29) is 11.2 Å². The Hall–Kier alpha value is -1.92. The Morgan fingerprint density at radius 3 is 3.00 bits per heavy atom. The first-order chi connectivity index (χ1) is 13.6. The molecule has 0 fully saturated rings. The number of hydrogen-bond acceptors (Lipinski definition) is 7. The van der Waals surface area contributed by atoms with Crippen molar-refractivity contribution in [2.45, 2.75) is 35.9 Å². The summed E-state index contributed by atoms with van der Waals surface area (Å²) in [5.74, 6) is -0.0600. The van der Waals surface area contributed by atoms with Gasteiger partial charge in [0, 0.05) is 18.0 Å². The molecule has 0 radical (unpaired) electrons. The summed E-state index contributed by atoms with van der Waals surface area (Å²) in [4.78, 5) is 21.0. The van der Waals surface area contributed by atoms with Crippen molar-refractivity contribution in [3.63, 3.8) is 0 Å². The number of nitriles is 1. The lowest BCUT2D eigenvalue weighted by Gasteiger charge is -2.21. The molecule has 4 rings (SSSR count). The fraction of sp³-hybridized carbons (Fsp3) is 0.350. The maximum atomic E-state index is 12.9. The van der Waals surface area contributed by atoms with Crippen LogP contribution in [0, 0.1) is 11.3 Å². The Balaban J connectivity index is 1.52. The van der Waals surface area contributed by atoms with Gasteiger partial charge in [0.25, 0.3) is 0 Å². The Morgan fingerprint density at radius 2 is 2.25 bits per heavy atom. The van der Waals surface area contributed by atoms with Crippen molar-refractivity contribution in [1.29, 1.82) is 5.26 Å². The highest BCUT2D eigenvalue weighted by atomic mass is 32.2. The van der Waals surface area contributed by atoms with Gasteiger partial charge >= 0.3 is 0 Å². The standard InChI is InChI=1S/C20H20N4OS3/c1-3-15(27-20-22-14-6-4-5-7-16(14)28-20)18(25)23-19-13(10-21)12-8-9-24(2)11-17(12)26-19/h4-7,15H,3,8-9,11H2,1-2H3,(H,23,25). The number of aromatic nitrogens is 1. The molecule has 8 heteroatoms. The molecule has 0 bridgehead atoms. The minimum atomic E-state index is -0.242. The summed E-state index contributed by atoms with van der Waals surface area (Å²) >= 11 is 4.65. The number of anilines is 1. The van der Waals surface area contributed by atoms with E-state index in [9.17, 15) is 10.1 Å². The van der Waals surface area contributed by atoms with E-state index >= 15 is 0 Å². The van der Waals surface area contributed by atoms with Gasteiger partial charge in [-0.1, -0.05) is 30.8 Å². The third-order valence-corrected chi connectivity index (χ3v) is 8.40. The second kappa shape index (κ2) is 8.21. The number of thioether (sulfide) groups is 1. The van der Waals surface area contributed by atoms with Crippen LogP contribution in [0.2, 0.25) is 0 Å². The predicted octanol–water partition coefficient (Wildman–Crippen LogP) is 4.73. The molecule has 1 aliphatic rings. The van der Waals surface area contributed by atoms with Crippen LogP contribution in [0.15, 0.2) is 28.6 Å². The van der Waals surface area contributed by atoms with Crippen LogP contribution in [0.3, 0.4) is 0 Å². The maximum Gasteiger partial charge on any atom is 0.238 e. The van der Waals surface area contributed by atoms with Crippen LogP contribution in [0.4, 0.5) is 5.00 Å².